The largest absolute Gasteiger partial charge is 0.756 e. The van der Waals surface area contributed by atoms with E-state index in [0.29, 0.717) is 17.4 Å². The summed E-state index contributed by atoms with van der Waals surface area (Å²) in [4.78, 5) is 37.5. The first-order chi connectivity index (χ1) is 27.0. The van der Waals surface area contributed by atoms with Gasteiger partial charge in [-0.15, -0.1) is 0 Å². The molecule has 1 unspecified atom stereocenters. The summed E-state index contributed by atoms with van der Waals surface area (Å²) in [7, 11) is 1.18. The van der Waals surface area contributed by atoms with Crippen LogP contribution in [-0.4, -0.2) is 70.0 Å². The molecule has 0 N–H and O–H groups in total. The Morgan fingerprint density at radius 1 is 0.482 bits per heavy atom. The lowest BCUT2D eigenvalue weighted by Gasteiger charge is -2.28. The van der Waals surface area contributed by atoms with Crippen LogP contribution in [0.1, 0.15) is 232 Å². The van der Waals surface area contributed by atoms with E-state index in [-0.39, 0.29) is 32.0 Å². The Bertz CT molecular complexity index is 927. The number of nitrogens with zero attached hydrogens (tertiary/aromatic N) is 1. The van der Waals surface area contributed by atoms with E-state index >= 15 is 0 Å². The molecule has 0 fully saturated rings. The van der Waals surface area contributed by atoms with Crippen molar-refractivity contribution in [2.75, 3.05) is 47.5 Å². The number of carbonyl (C=O) groups is 2. The van der Waals surface area contributed by atoms with Crippen LogP contribution in [0.4, 0.5) is 0 Å². The zero-order valence-corrected chi connectivity index (χ0v) is 38.5. The van der Waals surface area contributed by atoms with Crippen molar-refractivity contribution in [1.29, 1.82) is 0 Å². The molecule has 9 nitrogen and oxygen atoms in total. The molecule has 0 radical (unpaired) electrons. The van der Waals surface area contributed by atoms with Crippen LogP contribution in [-0.2, 0) is 32.7 Å². The Morgan fingerprint density at radius 2 is 0.804 bits per heavy atom. The van der Waals surface area contributed by atoms with Crippen molar-refractivity contribution >= 4 is 19.8 Å². The summed E-state index contributed by atoms with van der Waals surface area (Å²) in [5, 5.41) is 0. The van der Waals surface area contributed by atoms with Gasteiger partial charge in [0.1, 0.15) is 19.8 Å². The maximum absolute atomic E-state index is 12.6. The highest BCUT2D eigenvalue weighted by molar-refractivity contribution is 7.45. The second-order valence-corrected chi connectivity index (χ2v) is 18.9. The molecular formula is C46H92NO8P. The van der Waals surface area contributed by atoms with Crippen molar-refractivity contribution in [2.45, 2.75) is 238 Å². The van der Waals surface area contributed by atoms with Crippen LogP contribution in [0.15, 0.2) is 0 Å². The summed E-state index contributed by atoms with van der Waals surface area (Å²) in [6.45, 7) is 4.26. The Hall–Kier alpha value is -0.990. The average Bonchev–Trinajstić information content (AvgIpc) is 3.15. The Balaban J connectivity index is 4.16. The van der Waals surface area contributed by atoms with Gasteiger partial charge in [-0.2, -0.15) is 0 Å². The number of carbonyl (C=O) groups excluding carboxylic acids is 2. The fourth-order valence-corrected chi connectivity index (χ4v) is 7.62. The normalized spacial score (nSPS) is 13.5. The monoisotopic (exact) mass is 818 g/mol. The van der Waals surface area contributed by atoms with Gasteiger partial charge in [0.05, 0.1) is 27.7 Å². The van der Waals surface area contributed by atoms with Crippen molar-refractivity contribution in [1.82, 2.24) is 0 Å². The minimum atomic E-state index is -4.61. The standard InChI is InChI=1S/C46H92NO8P/c1-6-8-10-12-14-16-18-19-20-21-22-23-24-25-26-27-29-30-32-34-36-38-45(48)52-42-44(43-54-56(50,51)53-41-40-47(3,4)5)55-46(49)39-37-35-33-31-28-17-15-13-11-9-7-2/h44H,6-43H2,1-5H3/t44-/m0/s1. The SMILES string of the molecule is CCCCCCCCCCCCCCCCCCCCCCCC(=O)OC[C@@H](COP(=O)([O-])OCC[N+](C)(C)C)OC(=O)CCCCCCCCCCCCC. The molecular weight excluding hydrogens is 725 g/mol. The molecule has 56 heavy (non-hydrogen) atoms. The number of phosphoric acid groups is 1. The van der Waals surface area contributed by atoms with Gasteiger partial charge in [0.2, 0.25) is 0 Å². The van der Waals surface area contributed by atoms with Gasteiger partial charge in [-0.05, 0) is 12.8 Å². The number of unbranched alkanes of at least 4 members (excludes halogenated alkanes) is 30. The Morgan fingerprint density at radius 3 is 1.14 bits per heavy atom. The smallest absolute Gasteiger partial charge is 0.306 e. The molecule has 0 aromatic rings. The van der Waals surface area contributed by atoms with Crippen LogP contribution < -0.4 is 4.89 Å². The summed E-state index contributed by atoms with van der Waals surface area (Å²) in [6, 6.07) is 0. The van der Waals surface area contributed by atoms with Gasteiger partial charge < -0.3 is 27.9 Å². The predicted molar refractivity (Wildman–Crippen MR) is 232 cm³/mol. The van der Waals surface area contributed by atoms with E-state index < -0.39 is 26.5 Å². The van der Waals surface area contributed by atoms with Gasteiger partial charge in [0, 0.05) is 12.8 Å². The highest BCUT2D eigenvalue weighted by Crippen LogP contribution is 2.38. The number of rotatable bonds is 44. The number of hydrogen-bond donors (Lipinski definition) is 0. The fraction of sp³-hybridized carbons (Fsp3) is 0.957. The quantitative estimate of drug-likeness (QED) is 0.0259. The molecule has 0 heterocycles. The van der Waals surface area contributed by atoms with Gasteiger partial charge in [-0.25, -0.2) is 0 Å². The number of phosphoric ester groups is 1. The highest BCUT2D eigenvalue weighted by atomic mass is 31.2. The van der Waals surface area contributed by atoms with Gasteiger partial charge in [0.15, 0.2) is 6.10 Å². The number of quaternary nitrogens is 1. The third-order valence-electron chi connectivity index (χ3n) is 10.6. The molecule has 0 bridgehead atoms. The molecule has 0 saturated carbocycles. The average molecular weight is 818 g/mol. The minimum Gasteiger partial charge on any atom is -0.756 e. The summed E-state index contributed by atoms with van der Waals surface area (Å²) in [6.07, 6.45) is 39.9. The lowest BCUT2D eigenvalue weighted by molar-refractivity contribution is -0.870. The third-order valence-corrected chi connectivity index (χ3v) is 11.6. The van der Waals surface area contributed by atoms with E-state index in [1.807, 2.05) is 21.1 Å². The van der Waals surface area contributed by atoms with Crippen LogP contribution in [0.5, 0.6) is 0 Å². The molecule has 2 atom stereocenters. The van der Waals surface area contributed by atoms with Gasteiger partial charge in [0.25, 0.3) is 7.82 Å². The molecule has 0 aliphatic carbocycles. The number of hydrogen-bond acceptors (Lipinski definition) is 8. The Kier molecular flexibility index (Phi) is 38.8. The molecule has 0 aliphatic heterocycles. The van der Waals surface area contributed by atoms with E-state index in [1.54, 1.807) is 0 Å². The molecule has 0 amide bonds. The zero-order chi connectivity index (χ0) is 41.4. The van der Waals surface area contributed by atoms with Gasteiger partial charge >= 0.3 is 11.9 Å². The van der Waals surface area contributed by atoms with Gasteiger partial charge in [-0.1, -0.05) is 206 Å². The number of esters is 2. The van der Waals surface area contributed by atoms with Crippen LogP contribution in [0.3, 0.4) is 0 Å². The molecule has 10 heteroatoms. The van der Waals surface area contributed by atoms with Crippen molar-refractivity contribution in [2.24, 2.45) is 0 Å². The fourth-order valence-electron chi connectivity index (χ4n) is 6.89. The summed E-state index contributed by atoms with van der Waals surface area (Å²) < 4.78 is 33.9. The lowest BCUT2D eigenvalue weighted by atomic mass is 10.0. The molecule has 0 aromatic carbocycles. The van der Waals surface area contributed by atoms with Crippen molar-refractivity contribution < 1.29 is 42.1 Å². The first kappa shape index (κ1) is 55.0. The highest BCUT2D eigenvalue weighted by Gasteiger charge is 2.21. The van der Waals surface area contributed by atoms with E-state index in [1.165, 1.54) is 167 Å². The summed E-state index contributed by atoms with van der Waals surface area (Å²) >= 11 is 0. The first-order valence-electron chi connectivity index (χ1n) is 23.7. The van der Waals surface area contributed by atoms with Crippen LogP contribution in [0.2, 0.25) is 0 Å². The van der Waals surface area contributed by atoms with Crippen molar-refractivity contribution in [3.8, 4) is 0 Å². The molecule has 0 rings (SSSR count). The van der Waals surface area contributed by atoms with Crippen molar-refractivity contribution in [3.05, 3.63) is 0 Å². The van der Waals surface area contributed by atoms with Crippen molar-refractivity contribution in [3.63, 3.8) is 0 Å². The maximum Gasteiger partial charge on any atom is 0.306 e. The molecule has 334 valence electrons. The number of ether oxygens (including phenoxy) is 2. The van der Waals surface area contributed by atoms with Gasteiger partial charge in [-0.3, -0.25) is 14.2 Å². The molecule has 0 saturated heterocycles. The van der Waals surface area contributed by atoms with Crippen LogP contribution >= 0.6 is 7.82 Å². The minimum absolute atomic E-state index is 0.0257. The first-order valence-corrected chi connectivity index (χ1v) is 25.2. The maximum atomic E-state index is 12.6. The van der Waals surface area contributed by atoms with E-state index in [0.717, 1.165) is 32.1 Å². The van der Waals surface area contributed by atoms with Crippen LogP contribution in [0.25, 0.3) is 0 Å². The third kappa shape index (κ3) is 42.6. The number of likely N-dealkylation sites (N-methyl/N-ethyl adjacent to an activating group) is 1. The van der Waals surface area contributed by atoms with E-state index in [9.17, 15) is 19.0 Å². The topological polar surface area (TPSA) is 111 Å². The zero-order valence-electron chi connectivity index (χ0n) is 37.6. The lowest BCUT2D eigenvalue weighted by Crippen LogP contribution is -2.37. The van der Waals surface area contributed by atoms with E-state index in [2.05, 4.69) is 13.8 Å². The summed E-state index contributed by atoms with van der Waals surface area (Å²) in [5.74, 6) is -0.819. The molecule has 0 spiro atoms. The van der Waals surface area contributed by atoms with E-state index in [4.69, 9.17) is 18.5 Å². The molecule has 0 aliphatic rings. The predicted octanol–water partition coefficient (Wildman–Crippen LogP) is 13.0. The second-order valence-electron chi connectivity index (χ2n) is 17.5. The summed E-state index contributed by atoms with van der Waals surface area (Å²) in [5.41, 5.74) is 0. The second kappa shape index (κ2) is 39.5. The Labute approximate surface area is 346 Å². The molecule has 0 aromatic heterocycles. The van der Waals surface area contributed by atoms with Crippen LogP contribution in [0, 0.1) is 0 Å².